The maximum Gasteiger partial charge on any atom is 0.295 e. The topological polar surface area (TPSA) is 147 Å². The second kappa shape index (κ2) is 5.83. The zero-order chi connectivity index (χ0) is 14.7. The standard InChI is InChI=1S/C13H17N5O2/c14-4-7-1-2-8(10(6-16)9(7)5-15)11-3-12(19)18-13(17)20-11/h1-3H,4-6,14-16H2,(H2,17,18,19). The number of nitrogen functional groups attached to an aromatic ring is 1. The summed E-state index contributed by atoms with van der Waals surface area (Å²) in [6.45, 7) is 0.918. The smallest absolute Gasteiger partial charge is 0.295 e. The highest BCUT2D eigenvalue weighted by atomic mass is 16.4. The summed E-state index contributed by atoms with van der Waals surface area (Å²) in [4.78, 5) is 14.9. The monoisotopic (exact) mass is 275 g/mol. The van der Waals surface area contributed by atoms with Gasteiger partial charge in [-0.25, -0.2) is 0 Å². The van der Waals surface area contributed by atoms with E-state index in [2.05, 4.69) is 4.98 Å². The van der Waals surface area contributed by atoms with Crippen LogP contribution in [0.2, 0.25) is 0 Å². The Morgan fingerprint density at radius 1 is 1.05 bits per heavy atom. The molecule has 1 heterocycles. The van der Waals surface area contributed by atoms with Gasteiger partial charge in [0.05, 0.1) is 0 Å². The van der Waals surface area contributed by atoms with Crippen LogP contribution >= 0.6 is 0 Å². The molecule has 0 amide bonds. The van der Waals surface area contributed by atoms with Gasteiger partial charge in [-0.05, 0) is 16.7 Å². The van der Waals surface area contributed by atoms with Crippen LogP contribution in [-0.4, -0.2) is 4.98 Å². The number of anilines is 1. The zero-order valence-electron chi connectivity index (χ0n) is 10.9. The molecule has 2 aromatic rings. The maximum atomic E-state index is 11.4. The zero-order valence-corrected chi connectivity index (χ0v) is 10.9. The van der Waals surface area contributed by atoms with Crippen molar-refractivity contribution in [1.82, 2.24) is 4.98 Å². The van der Waals surface area contributed by atoms with Crippen molar-refractivity contribution in [2.45, 2.75) is 19.6 Å². The van der Waals surface area contributed by atoms with Gasteiger partial charge in [0.25, 0.3) is 11.6 Å². The fourth-order valence-corrected chi connectivity index (χ4v) is 2.20. The third-order valence-corrected chi connectivity index (χ3v) is 3.11. The van der Waals surface area contributed by atoms with Crippen LogP contribution in [0.25, 0.3) is 11.3 Å². The van der Waals surface area contributed by atoms with E-state index in [1.54, 1.807) is 6.07 Å². The molecule has 0 fully saturated rings. The number of rotatable bonds is 4. The van der Waals surface area contributed by atoms with Crippen LogP contribution in [0.5, 0.6) is 0 Å². The summed E-state index contributed by atoms with van der Waals surface area (Å²) in [5.74, 6) is 0.321. The van der Waals surface area contributed by atoms with Crippen LogP contribution in [0.15, 0.2) is 27.4 Å². The van der Waals surface area contributed by atoms with Crippen molar-refractivity contribution >= 4 is 6.01 Å². The molecular weight excluding hydrogens is 258 g/mol. The second-order valence-corrected chi connectivity index (χ2v) is 4.24. The molecule has 0 unspecified atom stereocenters. The van der Waals surface area contributed by atoms with Crippen molar-refractivity contribution in [3.8, 4) is 11.3 Å². The van der Waals surface area contributed by atoms with Crippen LogP contribution in [0, 0.1) is 0 Å². The first-order valence-electron chi connectivity index (χ1n) is 6.12. The predicted molar refractivity (Wildman–Crippen MR) is 76.3 cm³/mol. The summed E-state index contributed by atoms with van der Waals surface area (Å²) in [7, 11) is 0. The van der Waals surface area contributed by atoms with Gasteiger partial charge < -0.3 is 27.4 Å². The van der Waals surface area contributed by atoms with Gasteiger partial charge in [0.2, 0.25) is 0 Å². The second-order valence-electron chi connectivity index (χ2n) is 4.24. The van der Waals surface area contributed by atoms with Crippen LogP contribution in [0.3, 0.4) is 0 Å². The molecule has 0 atom stereocenters. The molecule has 0 aliphatic heterocycles. The Labute approximate surface area is 115 Å². The van der Waals surface area contributed by atoms with E-state index in [1.165, 1.54) is 6.07 Å². The maximum absolute atomic E-state index is 11.4. The first-order valence-corrected chi connectivity index (χ1v) is 6.12. The van der Waals surface area contributed by atoms with Gasteiger partial charge in [0, 0.05) is 31.3 Å². The van der Waals surface area contributed by atoms with Gasteiger partial charge in [-0.2, -0.15) is 4.98 Å². The summed E-state index contributed by atoms with van der Waals surface area (Å²) < 4.78 is 5.30. The lowest BCUT2D eigenvalue weighted by atomic mass is 9.94. The Morgan fingerprint density at radius 3 is 2.30 bits per heavy atom. The molecule has 20 heavy (non-hydrogen) atoms. The highest BCUT2D eigenvalue weighted by molar-refractivity contribution is 5.65. The summed E-state index contributed by atoms with van der Waals surface area (Å²) >= 11 is 0. The lowest BCUT2D eigenvalue weighted by molar-refractivity contribution is 0.563. The lowest BCUT2D eigenvalue weighted by Crippen LogP contribution is -2.14. The van der Waals surface area contributed by atoms with E-state index in [0.29, 0.717) is 24.4 Å². The van der Waals surface area contributed by atoms with Gasteiger partial charge in [-0.15, -0.1) is 0 Å². The number of benzene rings is 1. The van der Waals surface area contributed by atoms with Crippen LogP contribution in [-0.2, 0) is 19.6 Å². The fourth-order valence-electron chi connectivity index (χ4n) is 2.20. The molecule has 0 bridgehead atoms. The molecule has 8 N–H and O–H groups in total. The number of nitrogens with two attached hydrogens (primary N) is 4. The Bertz CT molecular complexity index is 681. The highest BCUT2D eigenvalue weighted by Crippen LogP contribution is 2.28. The third kappa shape index (κ3) is 2.55. The number of nitrogens with zero attached hydrogens (tertiary/aromatic N) is 1. The summed E-state index contributed by atoms with van der Waals surface area (Å²) in [6, 6.07) is 4.72. The van der Waals surface area contributed by atoms with Gasteiger partial charge in [0.1, 0.15) is 5.76 Å². The molecule has 0 radical (unpaired) electrons. The molecule has 7 heteroatoms. The molecule has 2 rings (SSSR count). The van der Waals surface area contributed by atoms with Crippen molar-refractivity contribution in [2.75, 3.05) is 5.73 Å². The van der Waals surface area contributed by atoms with Crippen molar-refractivity contribution < 1.29 is 4.42 Å². The highest BCUT2D eigenvalue weighted by Gasteiger charge is 2.14. The first kappa shape index (κ1) is 14.2. The van der Waals surface area contributed by atoms with Gasteiger partial charge >= 0.3 is 0 Å². The number of aromatic nitrogens is 1. The molecule has 0 aliphatic carbocycles. The lowest BCUT2D eigenvalue weighted by Gasteiger charge is -2.15. The van der Waals surface area contributed by atoms with E-state index in [9.17, 15) is 4.79 Å². The summed E-state index contributed by atoms with van der Waals surface area (Å²) in [5, 5.41) is 0. The van der Waals surface area contributed by atoms with E-state index in [-0.39, 0.29) is 12.6 Å². The van der Waals surface area contributed by atoms with Gasteiger partial charge in [-0.3, -0.25) is 4.79 Å². The minimum absolute atomic E-state index is 0.187. The predicted octanol–water partition coefficient (Wildman–Crippen LogP) is -0.340. The summed E-state index contributed by atoms with van der Waals surface area (Å²) in [6.07, 6.45) is 0. The fraction of sp³-hybridized carbons (Fsp3) is 0.231. The Morgan fingerprint density at radius 2 is 1.75 bits per heavy atom. The van der Waals surface area contributed by atoms with E-state index >= 15 is 0 Å². The average molecular weight is 275 g/mol. The largest absolute Gasteiger partial charge is 0.425 e. The van der Waals surface area contributed by atoms with Crippen molar-refractivity contribution in [1.29, 1.82) is 0 Å². The van der Waals surface area contributed by atoms with Crippen molar-refractivity contribution in [3.05, 3.63) is 45.2 Å². The normalized spacial score (nSPS) is 10.8. The minimum atomic E-state index is -0.469. The summed E-state index contributed by atoms with van der Waals surface area (Å²) in [5.41, 5.74) is 25.5. The SMILES string of the molecule is NCc1ccc(-c2cc(=O)nc(N)o2)c(CN)c1CN. The Hall–Kier alpha value is -2.22. The molecule has 7 nitrogen and oxygen atoms in total. The molecular formula is C13H17N5O2. The average Bonchev–Trinajstić information content (AvgIpc) is 2.44. The van der Waals surface area contributed by atoms with Crippen LogP contribution in [0.4, 0.5) is 6.01 Å². The first-order chi connectivity index (χ1) is 9.60. The van der Waals surface area contributed by atoms with E-state index in [0.717, 1.165) is 16.7 Å². The van der Waals surface area contributed by atoms with E-state index in [1.807, 2.05) is 6.07 Å². The molecule has 0 saturated carbocycles. The Balaban J connectivity index is 2.70. The molecule has 106 valence electrons. The van der Waals surface area contributed by atoms with E-state index in [4.69, 9.17) is 27.4 Å². The minimum Gasteiger partial charge on any atom is -0.425 e. The number of hydrogen-bond donors (Lipinski definition) is 4. The van der Waals surface area contributed by atoms with Crippen molar-refractivity contribution in [2.24, 2.45) is 17.2 Å². The Kier molecular flexibility index (Phi) is 4.14. The molecule has 0 spiro atoms. The third-order valence-electron chi connectivity index (χ3n) is 3.11. The van der Waals surface area contributed by atoms with Crippen molar-refractivity contribution in [3.63, 3.8) is 0 Å². The molecule has 0 aliphatic rings. The van der Waals surface area contributed by atoms with Gasteiger partial charge in [-0.1, -0.05) is 12.1 Å². The number of hydrogen-bond acceptors (Lipinski definition) is 7. The molecule has 1 aromatic heterocycles. The van der Waals surface area contributed by atoms with Gasteiger partial charge in [0.15, 0.2) is 0 Å². The molecule has 0 saturated heterocycles. The molecule has 1 aromatic carbocycles. The van der Waals surface area contributed by atoms with Crippen LogP contribution in [0.1, 0.15) is 16.7 Å². The van der Waals surface area contributed by atoms with Crippen LogP contribution < -0.4 is 28.5 Å². The quantitative estimate of drug-likeness (QED) is 0.596. The van der Waals surface area contributed by atoms with E-state index < -0.39 is 5.56 Å².